The molecule has 0 heteroatoms. The Kier molecular flexibility index (Phi) is 6.04. The highest BCUT2D eigenvalue weighted by molar-refractivity contribution is 5.43. The Bertz CT molecular complexity index is 611. The van der Waals surface area contributed by atoms with Gasteiger partial charge in [0, 0.05) is 0 Å². The van der Waals surface area contributed by atoms with Crippen LogP contribution < -0.4 is 0 Å². The summed E-state index contributed by atoms with van der Waals surface area (Å²) in [5, 5.41) is 0. The van der Waals surface area contributed by atoms with Gasteiger partial charge < -0.3 is 0 Å². The second-order valence-corrected chi connectivity index (χ2v) is 7.15. The molecule has 0 aliphatic carbocycles. The maximum atomic E-state index is 2.43. The Morgan fingerprint density at radius 1 is 0.739 bits per heavy atom. The summed E-state index contributed by atoms with van der Waals surface area (Å²) >= 11 is 0. The average molecular weight is 309 g/mol. The van der Waals surface area contributed by atoms with Gasteiger partial charge in [-0.15, -0.1) is 0 Å². The van der Waals surface area contributed by atoms with Crippen LogP contribution in [0, 0.1) is 27.7 Å². The van der Waals surface area contributed by atoms with Crippen molar-refractivity contribution in [2.45, 2.75) is 72.6 Å². The minimum Gasteiger partial charge on any atom is -0.0654 e. The summed E-state index contributed by atoms with van der Waals surface area (Å²) in [4.78, 5) is 0. The predicted molar refractivity (Wildman–Crippen MR) is 103 cm³/mol. The van der Waals surface area contributed by atoms with E-state index in [1.165, 1.54) is 41.5 Å². The van der Waals surface area contributed by atoms with E-state index in [1.54, 1.807) is 11.1 Å². The quantitative estimate of drug-likeness (QED) is 0.539. The first-order valence-corrected chi connectivity index (χ1v) is 9.09. The van der Waals surface area contributed by atoms with Crippen molar-refractivity contribution in [2.24, 2.45) is 0 Å². The van der Waals surface area contributed by atoms with Gasteiger partial charge in [-0.3, -0.25) is 0 Å². The lowest BCUT2D eigenvalue weighted by Gasteiger charge is -2.30. The van der Waals surface area contributed by atoms with Gasteiger partial charge in [0.15, 0.2) is 0 Å². The van der Waals surface area contributed by atoms with Gasteiger partial charge in [0.1, 0.15) is 0 Å². The lowest BCUT2D eigenvalue weighted by molar-refractivity contribution is 0.505. The van der Waals surface area contributed by atoms with Crippen LogP contribution >= 0.6 is 0 Å². The lowest BCUT2D eigenvalue weighted by atomic mass is 9.74. The highest BCUT2D eigenvalue weighted by Crippen LogP contribution is 2.41. The van der Waals surface area contributed by atoms with Gasteiger partial charge in [0.05, 0.1) is 0 Å². The minimum atomic E-state index is 0.558. The summed E-state index contributed by atoms with van der Waals surface area (Å²) in [6.07, 6.45) is 3.84. The van der Waals surface area contributed by atoms with Gasteiger partial charge >= 0.3 is 0 Å². The van der Waals surface area contributed by atoms with E-state index < -0.39 is 0 Å². The molecular formula is C23H32. The largest absolute Gasteiger partial charge is 0.0654 e. The molecule has 2 aromatic rings. The molecule has 2 rings (SSSR count). The van der Waals surface area contributed by atoms with Crippen LogP contribution in [-0.2, 0) is 0 Å². The van der Waals surface area contributed by atoms with E-state index in [2.05, 4.69) is 77.9 Å². The summed E-state index contributed by atoms with van der Waals surface area (Å²) < 4.78 is 0. The first-order valence-electron chi connectivity index (χ1n) is 9.09. The fourth-order valence-electron chi connectivity index (χ4n) is 4.23. The molecule has 0 N–H and O–H groups in total. The molecular weight excluding hydrogens is 276 g/mol. The number of hydrogen-bond acceptors (Lipinski definition) is 0. The number of rotatable bonds is 6. The third kappa shape index (κ3) is 3.86. The van der Waals surface area contributed by atoms with Crippen molar-refractivity contribution in [2.75, 3.05) is 0 Å². The Morgan fingerprint density at radius 2 is 1.17 bits per heavy atom. The van der Waals surface area contributed by atoms with Crippen molar-refractivity contribution in [3.05, 3.63) is 69.8 Å². The molecule has 2 atom stereocenters. The van der Waals surface area contributed by atoms with E-state index in [-0.39, 0.29) is 0 Å². The van der Waals surface area contributed by atoms with Crippen LogP contribution in [0.15, 0.2) is 36.4 Å². The topological polar surface area (TPSA) is 0 Å². The molecule has 2 aromatic carbocycles. The first-order chi connectivity index (χ1) is 11.0. The smallest absolute Gasteiger partial charge is 0.00903 e. The van der Waals surface area contributed by atoms with E-state index in [0.717, 1.165) is 0 Å². The van der Waals surface area contributed by atoms with Gasteiger partial charge in [-0.25, -0.2) is 0 Å². The van der Waals surface area contributed by atoms with Crippen molar-refractivity contribution < 1.29 is 0 Å². The fraction of sp³-hybridized carbons (Fsp3) is 0.478. The first kappa shape index (κ1) is 17.8. The van der Waals surface area contributed by atoms with Crippen LogP contribution in [0.25, 0.3) is 0 Å². The van der Waals surface area contributed by atoms with Crippen LogP contribution in [0.4, 0.5) is 0 Å². The molecule has 0 nitrogen and oxygen atoms in total. The molecule has 0 bridgehead atoms. The third-order valence-corrected chi connectivity index (χ3v) is 5.38. The number of unbranched alkanes of at least 4 members (excludes halogenated alkanes) is 1. The normalized spacial score (nSPS) is 13.8. The van der Waals surface area contributed by atoms with E-state index in [0.29, 0.717) is 11.8 Å². The second-order valence-electron chi connectivity index (χ2n) is 7.15. The highest BCUT2D eigenvalue weighted by Gasteiger charge is 2.25. The molecule has 0 aliphatic rings. The molecule has 0 saturated heterocycles. The van der Waals surface area contributed by atoms with E-state index in [1.807, 2.05) is 0 Å². The van der Waals surface area contributed by atoms with Crippen LogP contribution in [0.5, 0.6) is 0 Å². The Labute approximate surface area is 143 Å². The molecule has 0 aliphatic heterocycles. The molecule has 0 fully saturated rings. The molecule has 23 heavy (non-hydrogen) atoms. The summed E-state index contributed by atoms with van der Waals surface area (Å²) in [5.41, 5.74) is 8.90. The molecule has 0 spiro atoms. The maximum absolute atomic E-state index is 2.43. The molecule has 0 heterocycles. The Morgan fingerprint density at radius 3 is 1.61 bits per heavy atom. The van der Waals surface area contributed by atoms with Gasteiger partial charge in [-0.1, -0.05) is 63.1 Å². The van der Waals surface area contributed by atoms with Crippen molar-refractivity contribution in [1.29, 1.82) is 0 Å². The number of benzene rings is 2. The zero-order valence-electron chi connectivity index (χ0n) is 15.7. The maximum Gasteiger partial charge on any atom is -0.00903 e. The van der Waals surface area contributed by atoms with Gasteiger partial charge in [0.25, 0.3) is 0 Å². The predicted octanol–water partition coefficient (Wildman–Crippen LogP) is 7.00. The summed E-state index contributed by atoms with van der Waals surface area (Å²) in [6.45, 7) is 13.8. The molecule has 0 aromatic heterocycles. The zero-order valence-corrected chi connectivity index (χ0v) is 15.7. The number of aryl methyl sites for hydroxylation is 4. The van der Waals surface area contributed by atoms with E-state index in [9.17, 15) is 0 Å². The monoisotopic (exact) mass is 308 g/mol. The van der Waals surface area contributed by atoms with Crippen LogP contribution in [0.3, 0.4) is 0 Å². The second kappa shape index (κ2) is 7.81. The molecule has 0 amide bonds. The van der Waals surface area contributed by atoms with Crippen molar-refractivity contribution >= 4 is 0 Å². The van der Waals surface area contributed by atoms with Gasteiger partial charge in [-0.2, -0.15) is 0 Å². The lowest BCUT2D eigenvalue weighted by Crippen LogP contribution is -2.14. The molecule has 1 unspecified atom stereocenters. The van der Waals surface area contributed by atoms with Gasteiger partial charge in [-0.05, 0) is 79.3 Å². The van der Waals surface area contributed by atoms with Crippen molar-refractivity contribution in [3.8, 4) is 0 Å². The number of hydrogen-bond donors (Lipinski definition) is 0. The fourth-order valence-corrected chi connectivity index (χ4v) is 4.23. The summed E-state index contributed by atoms with van der Waals surface area (Å²) in [7, 11) is 0. The van der Waals surface area contributed by atoms with Crippen LogP contribution in [0.2, 0.25) is 0 Å². The summed E-state index contributed by atoms with van der Waals surface area (Å²) in [6, 6.07) is 13.5. The molecule has 124 valence electrons. The highest BCUT2D eigenvalue weighted by atomic mass is 14.3. The van der Waals surface area contributed by atoms with Crippen LogP contribution in [-0.4, -0.2) is 0 Å². The Hall–Kier alpha value is -1.56. The van der Waals surface area contributed by atoms with Crippen molar-refractivity contribution in [3.63, 3.8) is 0 Å². The van der Waals surface area contributed by atoms with Crippen LogP contribution in [0.1, 0.15) is 78.3 Å². The van der Waals surface area contributed by atoms with E-state index >= 15 is 0 Å². The third-order valence-electron chi connectivity index (χ3n) is 5.38. The Balaban J connectivity index is 2.50. The van der Waals surface area contributed by atoms with Gasteiger partial charge in [0.2, 0.25) is 0 Å². The van der Waals surface area contributed by atoms with Crippen molar-refractivity contribution in [1.82, 2.24) is 0 Å². The zero-order chi connectivity index (χ0) is 17.0. The molecule has 0 saturated carbocycles. The standard InChI is InChI=1S/C23H32/c1-7-8-15-21(23-18(4)13-10-14-19(23)5)20(6)22-16(2)11-9-12-17(22)3/h9-14,20-21H,7-8,15H2,1-6H3/t20-,21?/m0/s1. The average Bonchev–Trinajstić information content (AvgIpc) is 2.49. The summed E-state index contributed by atoms with van der Waals surface area (Å²) in [5.74, 6) is 1.17. The molecule has 0 radical (unpaired) electrons. The minimum absolute atomic E-state index is 0.558. The SMILES string of the molecule is CCCCC(c1c(C)cccc1C)[C@H](C)c1c(C)cccc1C. The van der Waals surface area contributed by atoms with E-state index in [4.69, 9.17) is 0 Å².